The molecule has 2 N–H and O–H groups in total. The van der Waals surface area contributed by atoms with Crippen LogP contribution in [0.2, 0.25) is 0 Å². The van der Waals surface area contributed by atoms with Crippen molar-refractivity contribution >= 4 is 22.3 Å². The molecule has 7 heteroatoms. The fourth-order valence-electron chi connectivity index (χ4n) is 1.33. The number of hydrogen-bond acceptors (Lipinski definition) is 5. The minimum Gasteiger partial charge on any atom is -0.464 e. The lowest BCUT2D eigenvalue weighted by Gasteiger charge is -1.97. The summed E-state index contributed by atoms with van der Waals surface area (Å²) in [5, 5.41) is 0.494. The van der Waals surface area contributed by atoms with Gasteiger partial charge in [0.1, 0.15) is 10.0 Å². The fraction of sp³-hybridized carbons (Fsp3) is 0.0909. The highest BCUT2D eigenvalue weighted by Gasteiger charge is 2.18. The summed E-state index contributed by atoms with van der Waals surface area (Å²) in [6.07, 6.45) is 0. The quantitative estimate of drug-likeness (QED) is 0.851. The second kappa shape index (κ2) is 4.69. The Bertz CT molecular complexity index is 613. The first-order valence-electron chi connectivity index (χ1n) is 4.83. The van der Waals surface area contributed by atoms with Crippen LogP contribution in [-0.2, 0) is 4.74 Å². The molecule has 1 aromatic heterocycles. The zero-order valence-corrected chi connectivity index (χ0v) is 10.1. The van der Waals surface area contributed by atoms with Gasteiger partial charge in [-0.1, -0.05) is 11.3 Å². The summed E-state index contributed by atoms with van der Waals surface area (Å²) in [7, 11) is 1.21. The fourth-order valence-corrected chi connectivity index (χ4v) is 2.14. The Balaban J connectivity index is 2.45. The maximum atomic E-state index is 13.1. The smallest absolute Gasteiger partial charge is 0.359 e. The highest BCUT2D eigenvalue weighted by atomic mass is 32.1. The summed E-state index contributed by atoms with van der Waals surface area (Å²) in [6, 6.07) is 3.34. The molecule has 2 aromatic rings. The number of hydrogen-bond donors (Lipinski definition) is 1. The van der Waals surface area contributed by atoms with Crippen LogP contribution in [0.5, 0.6) is 0 Å². The molecule has 0 radical (unpaired) electrons. The van der Waals surface area contributed by atoms with Crippen molar-refractivity contribution in [3.63, 3.8) is 0 Å². The van der Waals surface area contributed by atoms with Crippen molar-refractivity contribution in [1.29, 1.82) is 0 Å². The van der Waals surface area contributed by atoms with Crippen molar-refractivity contribution in [2.75, 3.05) is 12.8 Å². The van der Waals surface area contributed by atoms with Gasteiger partial charge in [-0.05, 0) is 18.2 Å². The van der Waals surface area contributed by atoms with Gasteiger partial charge in [0.15, 0.2) is 17.3 Å². The Hall–Kier alpha value is -2.02. The molecule has 0 unspecified atom stereocenters. The second-order valence-electron chi connectivity index (χ2n) is 3.35. The van der Waals surface area contributed by atoms with Crippen LogP contribution in [0.3, 0.4) is 0 Å². The summed E-state index contributed by atoms with van der Waals surface area (Å²) in [5.74, 6) is -2.60. The van der Waals surface area contributed by atoms with E-state index in [4.69, 9.17) is 5.73 Å². The lowest BCUT2D eigenvalue weighted by molar-refractivity contribution is 0.0596. The van der Waals surface area contributed by atoms with Crippen molar-refractivity contribution in [2.24, 2.45) is 0 Å². The average molecular weight is 270 g/mol. The molecule has 1 aromatic carbocycles. The minimum absolute atomic E-state index is 0.0257. The number of benzene rings is 1. The Morgan fingerprint density at radius 3 is 2.72 bits per heavy atom. The molecule has 4 nitrogen and oxygen atoms in total. The number of rotatable bonds is 2. The number of carbonyl (C=O) groups is 1. The van der Waals surface area contributed by atoms with Gasteiger partial charge in [0.2, 0.25) is 0 Å². The van der Waals surface area contributed by atoms with Gasteiger partial charge >= 0.3 is 5.97 Å². The van der Waals surface area contributed by atoms with E-state index in [1.165, 1.54) is 13.2 Å². The third-order valence-corrected chi connectivity index (χ3v) is 3.13. The molecule has 94 valence electrons. The average Bonchev–Trinajstić information content (AvgIpc) is 2.74. The second-order valence-corrected chi connectivity index (χ2v) is 4.38. The summed E-state index contributed by atoms with van der Waals surface area (Å²) >= 11 is 1.00. The van der Waals surface area contributed by atoms with Crippen LogP contribution in [0.1, 0.15) is 10.5 Å². The molecule has 0 aliphatic carbocycles. The summed E-state index contributed by atoms with van der Waals surface area (Å²) in [4.78, 5) is 15.3. The van der Waals surface area contributed by atoms with E-state index in [9.17, 15) is 13.6 Å². The molecule has 0 bridgehead atoms. The molecule has 0 aliphatic heterocycles. The lowest BCUT2D eigenvalue weighted by atomic mass is 10.2. The number of anilines is 1. The van der Waals surface area contributed by atoms with E-state index in [1.54, 1.807) is 0 Å². The normalized spacial score (nSPS) is 10.4. The molecule has 0 fully saturated rings. The minimum atomic E-state index is -0.985. The molecular weight excluding hydrogens is 262 g/mol. The van der Waals surface area contributed by atoms with Crippen LogP contribution in [0.4, 0.5) is 13.8 Å². The zero-order chi connectivity index (χ0) is 13.3. The van der Waals surface area contributed by atoms with Crippen molar-refractivity contribution in [2.45, 2.75) is 0 Å². The van der Waals surface area contributed by atoms with Crippen LogP contribution in [0.15, 0.2) is 18.2 Å². The number of ether oxygens (including phenoxy) is 1. The number of nitrogens with two attached hydrogens (primary N) is 1. The van der Waals surface area contributed by atoms with Crippen LogP contribution < -0.4 is 5.73 Å². The molecule has 0 saturated heterocycles. The largest absolute Gasteiger partial charge is 0.464 e. The molecule has 0 amide bonds. The summed E-state index contributed by atoms with van der Waals surface area (Å²) in [6.45, 7) is 0. The van der Waals surface area contributed by atoms with Gasteiger partial charge < -0.3 is 10.5 Å². The molecule has 2 rings (SSSR count). The highest BCUT2D eigenvalue weighted by molar-refractivity contribution is 7.19. The number of methoxy groups -OCH3 is 1. The maximum Gasteiger partial charge on any atom is 0.359 e. The number of carbonyl (C=O) groups excluding carboxylic acids is 1. The van der Waals surface area contributed by atoms with E-state index in [1.807, 2.05) is 0 Å². The van der Waals surface area contributed by atoms with E-state index >= 15 is 0 Å². The Labute approximate surface area is 105 Å². The predicted octanol–water partition coefficient (Wildman–Crippen LogP) is 2.46. The number of thiazole rings is 1. The number of esters is 1. The van der Waals surface area contributed by atoms with Gasteiger partial charge in [-0.2, -0.15) is 0 Å². The number of aromatic nitrogens is 1. The Kier molecular flexibility index (Phi) is 3.24. The third-order valence-electron chi connectivity index (χ3n) is 2.20. The van der Waals surface area contributed by atoms with Gasteiger partial charge in [-0.15, -0.1) is 0 Å². The Morgan fingerprint density at radius 2 is 2.11 bits per heavy atom. The maximum absolute atomic E-state index is 13.1. The molecule has 1 heterocycles. The van der Waals surface area contributed by atoms with Gasteiger partial charge in [-0.25, -0.2) is 18.6 Å². The van der Waals surface area contributed by atoms with E-state index in [2.05, 4.69) is 9.72 Å². The van der Waals surface area contributed by atoms with Gasteiger partial charge in [0, 0.05) is 5.56 Å². The van der Waals surface area contributed by atoms with Crippen molar-refractivity contribution in [1.82, 2.24) is 4.98 Å². The monoisotopic (exact) mass is 270 g/mol. The SMILES string of the molecule is COC(=O)c1nc(-c2ccc(F)c(F)c2)sc1N. The first-order chi connectivity index (χ1) is 8.52. The topological polar surface area (TPSA) is 65.2 Å². The molecule has 0 spiro atoms. The number of nitrogens with zero attached hydrogens (tertiary/aromatic N) is 1. The van der Waals surface area contributed by atoms with Gasteiger partial charge in [-0.3, -0.25) is 0 Å². The van der Waals surface area contributed by atoms with Crippen molar-refractivity contribution in [3.8, 4) is 10.6 Å². The van der Waals surface area contributed by atoms with E-state index in [-0.39, 0.29) is 10.7 Å². The Morgan fingerprint density at radius 1 is 1.39 bits per heavy atom. The molecule has 0 saturated carbocycles. The van der Waals surface area contributed by atoms with Gasteiger partial charge in [0.05, 0.1) is 7.11 Å². The first-order valence-corrected chi connectivity index (χ1v) is 5.64. The van der Waals surface area contributed by atoms with Crippen molar-refractivity contribution in [3.05, 3.63) is 35.5 Å². The first kappa shape index (κ1) is 12.4. The molecular formula is C11H8F2N2O2S. The molecule has 18 heavy (non-hydrogen) atoms. The van der Waals surface area contributed by atoms with Crippen LogP contribution in [0, 0.1) is 11.6 Å². The zero-order valence-electron chi connectivity index (χ0n) is 9.24. The standard InChI is InChI=1S/C11H8F2N2O2S/c1-17-11(16)8-9(14)18-10(15-8)5-2-3-6(12)7(13)4-5/h2-4H,14H2,1H3. The van der Waals surface area contributed by atoms with E-state index < -0.39 is 17.6 Å². The van der Waals surface area contributed by atoms with E-state index in [0.717, 1.165) is 23.5 Å². The number of nitrogen functional groups attached to an aromatic ring is 1. The van der Waals surface area contributed by atoms with E-state index in [0.29, 0.717) is 10.6 Å². The third kappa shape index (κ3) is 2.17. The van der Waals surface area contributed by atoms with Crippen LogP contribution in [0.25, 0.3) is 10.6 Å². The lowest BCUT2D eigenvalue weighted by Crippen LogP contribution is -2.04. The van der Waals surface area contributed by atoms with Crippen LogP contribution in [-0.4, -0.2) is 18.1 Å². The predicted molar refractivity (Wildman–Crippen MR) is 63.2 cm³/mol. The summed E-state index contributed by atoms with van der Waals surface area (Å²) in [5.41, 5.74) is 5.93. The molecule has 0 aliphatic rings. The molecule has 0 atom stereocenters. The highest BCUT2D eigenvalue weighted by Crippen LogP contribution is 2.31. The van der Waals surface area contributed by atoms with Crippen LogP contribution >= 0.6 is 11.3 Å². The van der Waals surface area contributed by atoms with Gasteiger partial charge in [0.25, 0.3) is 0 Å². The van der Waals surface area contributed by atoms with Crippen molar-refractivity contribution < 1.29 is 18.3 Å². The summed E-state index contributed by atoms with van der Waals surface area (Å²) < 4.78 is 30.4. The number of halogens is 2.